The van der Waals surface area contributed by atoms with Crippen molar-refractivity contribution >= 4 is 11.6 Å². The number of halogens is 1. The lowest BCUT2D eigenvalue weighted by molar-refractivity contribution is -0.177. The van der Waals surface area contributed by atoms with E-state index in [1.165, 1.54) is 0 Å². The molecular weight excluding hydrogens is 447 g/mol. The Morgan fingerprint density at radius 2 is 1.71 bits per heavy atom. The average Bonchev–Trinajstić information content (AvgIpc) is 3.40. The highest BCUT2D eigenvalue weighted by Crippen LogP contribution is 2.55. The number of piperidine rings is 1. The van der Waals surface area contributed by atoms with Crippen molar-refractivity contribution in [2.45, 2.75) is 90.4 Å². The number of benzene rings is 1. The first-order chi connectivity index (χ1) is 17.0. The second kappa shape index (κ2) is 11.9. The molecule has 1 N–H and O–H groups in total. The molecule has 1 aliphatic carbocycles. The van der Waals surface area contributed by atoms with Crippen molar-refractivity contribution < 1.29 is 23.4 Å². The fraction of sp³-hybridized carbons (Fsp3) is 0.750. The molecule has 1 amide bonds. The number of rotatable bonds is 12. The minimum absolute atomic E-state index is 0.102. The molecule has 3 fully saturated rings. The van der Waals surface area contributed by atoms with Crippen LogP contribution in [0.5, 0.6) is 5.75 Å². The molecule has 1 atom stereocenters. The van der Waals surface area contributed by atoms with Crippen molar-refractivity contribution in [2.24, 2.45) is 11.3 Å². The zero-order chi connectivity index (χ0) is 24.8. The largest absolute Gasteiger partial charge is 0.496 e. The third-order valence-corrected chi connectivity index (χ3v) is 8.21. The monoisotopic (exact) mass is 490 g/mol. The zero-order valence-corrected chi connectivity index (χ0v) is 21.7. The van der Waals surface area contributed by atoms with Gasteiger partial charge in [-0.1, -0.05) is 39.5 Å². The predicted molar refractivity (Wildman–Crippen MR) is 135 cm³/mol. The van der Waals surface area contributed by atoms with Crippen LogP contribution in [0.2, 0.25) is 0 Å². The first-order valence-corrected chi connectivity index (χ1v) is 13.7. The van der Waals surface area contributed by atoms with Gasteiger partial charge < -0.3 is 24.4 Å². The summed E-state index contributed by atoms with van der Waals surface area (Å²) in [6.07, 6.45) is 9.71. The smallest absolute Gasteiger partial charge is 0.229 e. The summed E-state index contributed by atoms with van der Waals surface area (Å²) in [7, 11) is 1.63. The number of carbonyl (C=O) groups is 1. The van der Waals surface area contributed by atoms with Gasteiger partial charge in [-0.15, -0.1) is 0 Å². The van der Waals surface area contributed by atoms with E-state index in [-0.39, 0.29) is 29.5 Å². The molecular formula is C28H43FN2O4. The fourth-order valence-corrected chi connectivity index (χ4v) is 5.99. The van der Waals surface area contributed by atoms with Crippen molar-refractivity contribution in [1.29, 1.82) is 0 Å². The Hall–Kier alpha value is -1.86. The molecule has 1 saturated carbocycles. The summed E-state index contributed by atoms with van der Waals surface area (Å²) in [4.78, 5) is 14.5. The fourth-order valence-electron chi connectivity index (χ4n) is 5.99. The molecule has 2 saturated heterocycles. The van der Waals surface area contributed by atoms with Crippen molar-refractivity contribution in [3.05, 3.63) is 23.5 Å². The lowest BCUT2D eigenvalue weighted by atomic mass is 9.68. The van der Waals surface area contributed by atoms with Crippen LogP contribution in [0.3, 0.4) is 0 Å². The molecule has 1 aromatic rings. The van der Waals surface area contributed by atoms with Crippen LogP contribution >= 0.6 is 0 Å². The van der Waals surface area contributed by atoms with Crippen LogP contribution in [-0.2, 0) is 14.3 Å². The summed E-state index contributed by atoms with van der Waals surface area (Å²) in [6, 6.07) is 3.25. The molecule has 7 heteroatoms. The molecule has 0 aromatic heterocycles. The maximum atomic E-state index is 15.5. The van der Waals surface area contributed by atoms with Crippen LogP contribution < -0.4 is 15.0 Å². The highest BCUT2D eigenvalue weighted by atomic mass is 19.1. The minimum Gasteiger partial charge on any atom is -0.496 e. The van der Waals surface area contributed by atoms with E-state index in [1.807, 2.05) is 6.07 Å². The Bertz CT molecular complexity index is 840. The Kier molecular flexibility index (Phi) is 8.92. The number of carbonyl (C=O) groups excluding carboxylic acids is 1. The van der Waals surface area contributed by atoms with Gasteiger partial charge >= 0.3 is 0 Å². The maximum Gasteiger partial charge on any atom is 0.229 e. The van der Waals surface area contributed by atoms with E-state index in [2.05, 4.69) is 24.1 Å². The highest BCUT2D eigenvalue weighted by Gasteiger charge is 2.57. The van der Waals surface area contributed by atoms with Crippen LogP contribution in [0.1, 0.15) is 89.7 Å². The van der Waals surface area contributed by atoms with Gasteiger partial charge in [0.05, 0.1) is 24.3 Å². The molecule has 1 aromatic carbocycles. The van der Waals surface area contributed by atoms with Gasteiger partial charge in [-0.3, -0.25) is 4.79 Å². The molecule has 196 valence electrons. The van der Waals surface area contributed by atoms with Crippen molar-refractivity contribution in [3.8, 4) is 5.75 Å². The first-order valence-electron chi connectivity index (χ1n) is 13.7. The highest BCUT2D eigenvalue weighted by molar-refractivity contribution is 5.91. The Morgan fingerprint density at radius 3 is 2.26 bits per heavy atom. The molecule has 3 aliphatic rings. The molecule has 0 radical (unpaired) electrons. The number of methoxy groups -OCH3 is 1. The summed E-state index contributed by atoms with van der Waals surface area (Å²) in [5.41, 5.74) is 0.953. The number of hydrogen-bond donors (Lipinski definition) is 1. The number of unbranched alkanes of at least 4 members (excludes halogenated alkanes) is 2. The number of nitrogens with zero attached hydrogens (tertiary/aromatic N) is 1. The van der Waals surface area contributed by atoms with Crippen LogP contribution in [0.15, 0.2) is 12.1 Å². The molecule has 2 heterocycles. The van der Waals surface area contributed by atoms with Crippen LogP contribution in [0.4, 0.5) is 10.1 Å². The lowest BCUT2D eigenvalue weighted by Crippen LogP contribution is -2.59. The van der Waals surface area contributed by atoms with Crippen molar-refractivity contribution in [1.82, 2.24) is 5.32 Å². The minimum atomic E-state index is -0.385. The van der Waals surface area contributed by atoms with E-state index in [1.54, 1.807) is 13.2 Å². The number of amides is 1. The second-order valence-electron chi connectivity index (χ2n) is 10.5. The quantitative estimate of drug-likeness (QED) is 0.230. The average molecular weight is 491 g/mol. The van der Waals surface area contributed by atoms with E-state index < -0.39 is 0 Å². The number of hydrogen-bond acceptors (Lipinski definition) is 5. The maximum absolute atomic E-state index is 15.5. The van der Waals surface area contributed by atoms with Gasteiger partial charge in [-0.2, -0.15) is 0 Å². The zero-order valence-electron chi connectivity index (χ0n) is 21.7. The molecule has 4 rings (SSSR count). The van der Waals surface area contributed by atoms with E-state index >= 15 is 4.39 Å². The molecule has 1 spiro atoms. The summed E-state index contributed by atoms with van der Waals surface area (Å²) >= 11 is 0. The van der Waals surface area contributed by atoms with E-state index in [9.17, 15) is 4.79 Å². The second-order valence-corrected chi connectivity index (χ2v) is 10.5. The van der Waals surface area contributed by atoms with Gasteiger partial charge in [0.25, 0.3) is 0 Å². The van der Waals surface area contributed by atoms with E-state index in [4.69, 9.17) is 14.2 Å². The number of anilines is 1. The Balaban J connectivity index is 1.43. The number of nitrogens with one attached hydrogen (secondary N) is 1. The molecule has 35 heavy (non-hydrogen) atoms. The Morgan fingerprint density at radius 1 is 1.09 bits per heavy atom. The van der Waals surface area contributed by atoms with Gasteiger partial charge in [-0.25, -0.2) is 4.39 Å². The number of β-lactam (4-membered cyclic amide) rings is 1. The molecule has 1 unspecified atom stereocenters. The topological polar surface area (TPSA) is 60.0 Å². The first kappa shape index (κ1) is 26.2. The van der Waals surface area contributed by atoms with Crippen LogP contribution in [0.25, 0.3) is 0 Å². The Labute approximate surface area is 209 Å². The number of ether oxygens (including phenoxy) is 3. The molecule has 6 nitrogen and oxygen atoms in total. The third-order valence-electron chi connectivity index (χ3n) is 8.21. The normalized spacial score (nSPS) is 22.0. The standard InChI is InChI=1S/C28H43FN2O4/c1-4-6-16-34-26(35-17-7-5-2)20-10-14-31(15-11-20)23-19-24(33-3)21(18-22(23)29)25-28(27(32)30-25)12-8-9-13-28/h18-20,25-26H,4-17H2,1-3H3,(H,30,32). The third kappa shape index (κ3) is 5.46. The van der Waals surface area contributed by atoms with Crippen molar-refractivity contribution in [2.75, 3.05) is 38.3 Å². The summed E-state index contributed by atoms with van der Waals surface area (Å²) in [5.74, 6) is 0.828. The predicted octanol–water partition coefficient (Wildman–Crippen LogP) is 5.74. The van der Waals surface area contributed by atoms with E-state index in [0.29, 0.717) is 17.4 Å². The van der Waals surface area contributed by atoms with Gasteiger partial charge in [0.15, 0.2) is 6.29 Å². The van der Waals surface area contributed by atoms with Gasteiger partial charge in [-0.05, 0) is 44.6 Å². The van der Waals surface area contributed by atoms with Crippen LogP contribution in [-0.4, -0.2) is 45.6 Å². The summed E-state index contributed by atoms with van der Waals surface area (Å²) in [5, 5.41) is 3.03. The van der Waals surface area contributed by atoms with Gasteiger partial charge in [0.2, 0.25) is 5.91 Å². The van der Waals surface area contributed by atoms with Crippen molar-refractivity contribution in [3.63, 3.8) is 0 Å². The van der Waals surface area contributed by atoms with E-state index in [0.717, 1.165) is 96.1 Å². The van der Waals surface area contributed by atoms with Crippen LogP contribution in [0, 0.1) is 17.2 Å². The summed E-state index contributed by atoms with van der Waals surface area (Å²) < 4.78 is 33.4. The lowest BCUT2D eigenvalue weighted by Gasteiger charge is -2.47. The van der Waals surface area contributed by atoms with Gasteiger partial charge in [0, 0.05) is 43.9 Å². The molecule has 2 aliphatic heterocycles. The molecule has 0 bridgehead atoms. The summed E-state index contributed by atoms with van der Waals surface area (Å²) in [6.45, 7) is 7.27. The SMILES string of the molecule is CCCCOC(OCCCC)C1CCN(c2cc(OC)c(C3NC(=O)C34CCCC4)cc2F)CC1. The van der Waals surface area contributed by atoms with Gasteiger partial charge in [0.1, 0.15) is 11.6 Å².